The van der Waals surface area contributed by atoms with Crippen LogP contribution in [-0.2, 0) is 10.8 Å². The fourth-order valence-corrected chi connectivity index (χ4v) is 4.60. The van der Waals surface area contributed by atoms with Crippen LogP contribution in [0.25, 0.3) is 0 Å². The molecule has 0 bridgehead atoms. The third-order valence-electron chi connectivity index (χ3n) is 3.75. The van der Waals surface area contributed by atoms with E-state index in [0.717, 1.165) is 23.6 Å². The average Bonchev–Trinajstić information content (AvgIpc) is 2.32. The van der Waals surface area contributed by atoms with Crippen molar-refractivity contribution in [2.75, 3.05) is 12.3 Å². The van der Waals surface area contributed by atoms with Crippen molar-refractivity contribution in [1.29, 1.82) is 0 Å². The Balaban J connectivity index is 2.50. The Bertz CT molecular complexity index is 470. The van der Waals surface area contributed by atoms with Gasteiger partial charge in [0.05, 0.1) is 10.8 Å². The van der Waals surface area contributed by atoms with Crippen LogP contribution >= 0.6 is 0 Å². The Morgan fingerprint density at radius 1 is 1.33 bits per heavy atom. The SMILES string of the molecule is CCCNC1c2c(C)ccc(C)c2S(=O)CC1C. The molecule has 3 unspecified atom stereocenters. The van der Waals surface area contributed by atoms with E-state index in [1.807, 2.05) is 0 Å². The smallest absolute Gasteiger partial charge is 0.0539 e. The second-order valence-electron chi connectivity index (χ2n) is 5.36. The van der Waals surface area contributed by atoms with Crippen molar-refractivity contribution in [3.63, 3.8) is 0 Å². The van der Waals surface area contributed by atoms with Crippen molar-refractivity contribution >= 4 is 10.8 Å². The number of aryl methyl sites for hydroxylation is 2. The lowest BCUT2D eigenvalue weighted by molar-refractivity contribution is 0.400. The largest absolute Gasteiger partial charge is 0.310 e. The summed E-state index contributed by atoms with van der Waals surface area (Å²) in [7, 11) is -0.833. The van der Waals surface area contributed by atoms with Crippen LogP contribution in [0, 0.1) is 19.8 Å². The first kappa shape index (κ1) is 13.8. The molecule has 18 heavy (non-hydrogen) atoms. The number of hydrogen-bond acceptors (Lipinski definition) is 2. The Morgan fingerprint density at radius 3 is 2.67 bits per heavy atom. The highest BCUT2D eigenvalue weighted by atomic mass is 32.2. The molecule has 2 nitrogen and oxygen atoms in total. The molecule has 0 saturated heterocycles. The van der Waals surface area contributed by atoms with Gasteiger partial charge in [-0.15, -0.1) is 0 Å². The topological polar surface area (TPSA) is 29.1 Å². The molecular formula is C15H23NOS. The van der Waals surface area contributed by atoms with Gasteiger partial charge in [-0.1, -0.05) is 26.0 Å². The Kier molecular flexibility index (Phi) is 4.23. The van der Waals surface area contributed by atoms with Crippen LogP contribution in [0.5, 0.6) is 0 Å². The third kappa shape index (κ3) is 2.39. The highest BCUT2D eigenvalue weighted by Crippen LogP contribution is 2.37. The van der Waals surface area contributed by atoms with Crippen LogP contribution in [0.3, 0.4) is 0 Å². The molecule has 0 spiro atoms. The maximum absolute atomic E-state index is 12.4. The molecule has 1 aliphatic heterocycles. The van der Waals surface area contributed by atoms with Gasteiger partial charge in [0.15, 0.2) is 0 Å². The lowest BCUT2D eigenvalue weighted by Gasteiger charge is -2.33. The normalized spacial score (nSPS) is 27.0. The van der Waals surface area contributed by atoms with Crippen molar-refractivity contribution in [3.8, 4) is 0 Å². The molecule has 0 fully saturated rings. The van der Waals surface area contributed by atoms with Crippen molar-refractivity contribution in [1.82, 2.24) is 5.32 Å². The van der Waals surface area contributed by atoms with E-state index < -0.39 is 10.8 Å². The van der Waals surface area contributed by atoms with Crippen molar-refractivity contribution in [3.05, 3.63) is 28.8 Å². The Labute approximate surface area is 113 Å². The fourth-order valence-electron chi connectivity index (χ4n) is 2.80. The number of hydrogen-bond donors (Lipinski definition) is 1. The maximum Gasteiger partial charge on any atom is 0.0539 e. The van der Waals surface area contributed by atoms with E-state index in [2.05, 4.69) is 45.1 Å². The zero-order valence-corrected chi connectivity index (χ0v) is 12.6. The van der Waals surface area contributed by atoms with Crippen LogP contribution in [0.2, 0.25) is 0 Å². The van der Waals surface area contributed by atoms with Gasteiger partial charge in [0.1, 0.15) is 0 Å². The van der Waals surface area contributed by atoms with E-state index in [1.165, 1.54) is 16.7 Å². The van der Waals surface area contributed by atoms with Gasteiger partial charge in [0.25, 0.3) is 0 Å². The molecule has 1 heterocycles. The number of fused-ring (bicyclic) bond motifs is 1. The summed E-state index contributed by atoms with van der Waals surface area (Å²) >= 11 is 0. The molecule has 2 rings (SSSR count). The summed E-state index contributed by atoms with van der Waals surface area (Å²) in [5.74, 6) is 1.21. The molecule has 1 N–H and O–H groups in total. The number of rotatable bonds is 3. The van der Waals surface area contributed by atoms with Gasteiger partial charge in [-0.2, -0.15) is 0 Å². The summed E-state index contributed by atoms with van der Waals surface area (Å²) in [6.07, 6.45) is 1.13. The van der Waals surface area contributed by atoms with E-state index in [0.29, 0.717) is 12.0 Å². The molecule has 3 heteroatoms. The molecular weight excluding hydrogens is 242 g/mol. The quantitative estimate of drug-likeness (QED) is 0.910. The summed E-state index contributed by atoms with van der Waals surface area (Å²) in [6, 6.07) is 4.61. The van der Waals surface area contributed by atoms with E-state index in [1.54, 1.807) is 0 Å². The van der Waals surface area contributed by atoms with Crippen molar-refractivity contribution in [2.45, 2.75) is 45.1 Å². The molecule has 3 atom stereocenters. The molecule has 1 aliphatic rings. The van der Waals surface area contributed by atoms with E-state index in [4.69, 9.17) is 0 Å². The van der Waals surface area contributed by atoms with Crippen LogP contribution in [0.1, 0.15) is 43.0 Å². The fraction of sp³-hybridized carbons (Fsp3) is 0.600. The molecule has 1 aromatic carbocycles. The van der Waals surface area contributed by atoms with Crippen LogP contribution in [0.15, 0.2) is 17.0 Å². The highest BCUT2D eigenvalue weighted by molar-refractivity contribution is 7.85. The minimum absolute atomic E-state index is 0.359. The average molecular weight is 265 g/mol. The first-order valence-electron chi connectivity index (χ1n) is 6.78. The second kappa shape index (κ2) is 5.54. The third-order valence-corrected chi connectivity index (χ3v) is 5.57. The Morgan fingerprint density at radius 2 is 2.00 bits per heavy atom. The first-order valence-corrected chi connectivity index (χ1v) is 8.10. The van der Waals surface area contributed by atoms with E-state index in [9.17, 15) is 4.21 Å². The van der Waals surface area contributed by atoms with Gasteiger partial charge in [-0.3, -0.25) is 4.21 Å². The molecule has 0 aliphatic carbocycles. The lowest BCUT2D eigenvalue weighted by Crippen LogP contribution is -2.35. The zero-order valence-electron chi connectivity index (χ0n) is 11.7. The molecule has 0 saturated carbocycles. The Hall–Kier alpha value is -0.670. The van der Waals surface area contributed by atoms with Gasteiger partial charge >= 0.3 is 0 Å². The predicted molar refractivity (Wildman–Crippen MR) is 77.4 cm³/mol. The summed E-state index contributed by atoms with van der Waals surface area (Å²) in [5, 5.41) is 3.63. The molecule has 0 radical (unpaired) electrons. The predicted octanol–water partition coefficient (Wildman–Crippen LogP) is 3.10. The summed E-state index contributed by atoms with van der Waals surface area (Å²) in [5.41, 5.74) is 3.73. The van der Waals surface area contributed by atoms with E-state index >= 15 is 0 Å². The second-order valence-corrected chi connectivity index (χ2v) is 6.80. The van der Waals surface area contributed by atoms with Gasteiger partial charge in [-0.05, 0) is 49.4 Å². The standard InChI is InChI=1S/C15H23NOS/c1-5-8-16-14-12(4)9-18(17)15-11(3)7-6-10(2)13(14)15/h6-7,12,14,16H,5,8-9H2,1-4H3. The van der Waals surface area contributed by atoms with Crippen molar-refractivity contribution < 1.29 is 4.21 Å². The minimum Gasteiger partial charge on any atom is -0.310 e. The van der Waals surface area contributed by atoms with Gasteiger partial charge in [0, 0.05) is 16.7 Å². The number of benzene rings is 1. The molecule has 0 aromatic heterocycles. The van der Waals surface area contributed by atoms with Gasteiger partial charge in [0.2, 0.25) is 0 Å². The molecule has 100 valence electrons. The van der Waals surface area contributed by atoms with Gasteiger partial charge in [-0.25, -0.2) is 0 Å². The van der Waals surface area contributed by atoms with Crippen LogP contribution in [-0.4, -0.2) is 16.5 Å². The lowest BCUT2D eigenvalue weighted by atomic mass is 9.90. The van der Waals surface area contributed by atoms with E-state index in [-0.39, 0.29) is 0 Å². The summed E-state index contributed by atoms with van der Waals surface area (Å²) in [4.78, 5) is 1.08. The van der Waals surface area contributed by atoms with Gasteiger partial charge < -0.3 is 5.32 Å². The summed E-state index contributed by atoms with van der Waals surface area (Å²) < 4.78 is 12.4. The van der Waals surface area contributed by atoms with Crippen LogP contribution in [0.4, 0.5) is 0 Å². The maximum atomic E-state index is 12.4. The minimum atomic E-state index is -0.833. The first-order chi connectivity index (χ1) is 8.56. The van der Waals surface area contributed by atoms with Crippen LogP contribution < -0.4 is 5.32 Å². The monoisotopic (exact) mass is 265 g/mol. The molecule has 0 amide bonds. The highest BCUT2D eigenvalue weighted by Gasteiger charge is 2.32. The summed E-state index contributed by atoms with van der Waals surface area (Å²) in [6.45, 7) is 9.62. The van der Waals surface area contributed by atoms with Crippen molar-refractivity contribution in [2.24, 2.45) is 5.92 Å². The zero-order chi connectivity index (χ0) is 13.3. The number of nitrogens with one attached hydrogen (secondary N) is 1. The molecule has 1 aromatic rings.